The second-order valence-electron chi connectivity index (χ2n) is 5.00. The molecule has 1 unspecified atom stereocenters. The van der Waals surface area contributed by atoms with Gasteiger partial charge in [-0.3, -0.25) is 0 Å². The summed E-state index contributed by atoms with van der Waals surface area (Å²) in [5.41, 5.74) is 7.49. The van der Waals surface area contributed by atoms with Gasteiger partial charge in [0.2, 0.25) is 0 Å². The second kappa shape index (κ2) is 6.10. The maximum Gasteiger partial charge on any atom is 0.127 e. The summed E-state index contributed by atoms with van der Waals surface area (Å²) in [7, 11) is 3.37. The van der Waals surface area contributed by atoms with Crippen molar-refractivity contribution in [2.45, 2.75) is 38.1 Å². The zero-order valence-corrected chi connectivity index (χ0v) is 11.3. The van der Waals surface area contributed by atoms with Crippen molar-refractivity contribution in [2.24, 2.45) is 11.7 Å². The Morgan fingerprint density at radius 2 is 1.61 bits per heavy atom. The van der Waals surface area contributed by atoms with E-state index in [-0.39, 0.29) is 6.04 Å². The summed E-state index contributed by atoms with van der Waals surface area (Å²) in [5.74, 6) is 2.23. The minimum absolute atomic E-state index is 0.0106. The molecule has 1 saturated carbocycles. The van der Waals surface area contributed by atoms with Crippen LogP contribution < -0.4 is 15.2 Å². The SMILES string of the molecule is COc1cccc(OC)c1C(N)C1CCCCC1. The molecule has 0 saturated heterocycles. The molecular formula is C15H23NO2. The Kier molecular flexibility index (Phi) is 4.48. The average molecular weight is 249 g/mol. The third-order valence-corrected chi connectivity index (χ3v) is 3.96. The zero-order chi connectivity index (χ0) is 13.0. The zero-order valence-electron chi connectivity index (χ0n) is 11.3. The smallest absolute Gasteiger partial charge is 0.127 e. The lowest BCUT2D eigenvalue weighted by Crippen LogP contribution is -2.24. The Balaban J connectivity index is 2.29. The Labute approximate surface area is 109 Å². The second-order valence-corrected chi connectivity index (χ2v) is 5.00. The highest BCUT2D eigenvalue weighted by Gasteiger charge is 2.26. The summed E-state index contributed by atoms with van der Waals surface area (Å²) in [5, 5.41) is 0. The third kappa shape index (κ3) is 2.61. The van der Waals surface area contributed by atoms with Crippen molar-refractivity contribution in [3.8, 4) is 11.5 Å². The van der Waals surface area contributed by atoms with E-state index in [1.807, 2.05) is 18.2 Å². The van der Waals surface area contributed by atoms with Crippen LogP contribution in [0, 0.1) is 5.92 Å². The van der Waals surface area contributed by atoms with Crippen LogP contribution in [0.25, 0.3) is 0 Å². The Morgan fingerprint density at radius 1 is 1.06 bits per heavy atom. The molecular weight excluding hydrogens is 226 g/mol. The Hall–Kier alpha value is -1.22. The highest BCUT2D eigenvalue weighted by Crippen LogP contribution is 2.40. The molecule has 1 aliphatic rings. The van der Waals surface area contributed by atoms with E-state index in [4.69, 9.17) is 15.2 Å². The number of rotatable bonds is 4. The molecule has 0 spiro atoms. The van der Waals surface area contributed by atoms with Crippen LogP contribution >= 0.6 is 0 Å². The van der Waals surface area contributed by atoms with Crippen molar-refractivity contribution in [3.63, 3.8) is 0 Å². The molecule has 0 bridgehead atoms. The molecule has 1 aromatic carbocycles. The lowest BCUT2D eigenvalue weighted by molar-refractivity contribution is 0.293. The quantitative estimate of drug-likeness (QED) is 0.890. The van der Waals surface area contributed by atoms with E-state index in [0.717, 1.165) is 17.1 Å². The fourth-order valence-corrected chi connectivity index (χ4v) is 2.94. The first-order valence-corrected chi connectivity index (χ1v) is 6.74. The third-order valence-electron chi connectivity index (χ3n) is 3.96. The van der Waals surface area contributed by atoms with Crippen molar-refractivity contribution in [3.05, 3.63) is 23.8 Å². The molecule has 1 atom stereocenters. The van der Waals surface area contributed by atoms with Crippen LogP contribution in [0.1, 0.15) is 43.7 Å². The van der Waals surface area contributed by atoms with Gasteiger partial charge in [-0.05, 0) is 30.9 Å². The van der Waals surface area contributed by atoms with Gasteiger partial charge in [-0.15, -0.1) is 0 Å². The van der Waals surface area contributed by atoms with Gasteiger partial charge in [-0.1, -0.05) is 25.3 Å². The van der Waals surface area contributed by atoms with Crippen molar-refractivity contribution < 1.29 is 9.47 Å². The van der Waals surface area contributed by atoms with Gasteiger partial charge in [-0.2, -0.15) is 0 Å². The van der Waals surface area contributed by atoms with Gasteiger partial charge in [0.15, 0.2) is 0 Å². The molecule has 1 aliphatic carbocycles. The number of hydrogen-bond donors (Lipinski definition) is 1. The van der Waals surface area contributed by atoms with Crippen molar-refractivity contribution in [1.29, 1.82) is 0 Å². The lowest BCUT2D eigenvalue weighted by atomic mass is 9.81. The number of hydrogen-bond acceptors (Lipinski definition) is 3. The van der Waals surface area contributed by atoms with Crippen LogP contribution in [0.5, 0.6) is 11.5 Å². The van der Waals surface area contributed by atoms with Crippen molar-refractivity contribution in [2.75, 3.05) is 14.2 Å². The van der Waals surface area contributed by atoms with Crippen LogP contribution in [0.2, 0.25) is 0 Å². The minimum atomic E-state index is 0.0106. The molecule has 0 aromatic heterocycles. The van der Waals surface area contributed by atoms with Crippen molar-refractivity contribution in [1.82, 2.24) is 0 Å². The predicted molar refractivity (Wildman–Crippen MR) is 73.0 cm³/mol. The summed E-state index contributed by atoms with van der Waals surface area (Å²) in [6.45, 7) is 0. The highest BCUT2D eigenvalue weighted by molar-refractivity contribution is 5.47. The first kappa shape index (κ1) is 13.2. The molecule has 3 nitrogen and oxygen atoms in total. The Morgan fingerprint density at radius 3 is 2.11 bits per heavy atom. The van der Waals surface area contributed by atoms with Crippen LogP contribution in [0.15, 0.2) is 18.2 Å². The first-order valence-electron chi connectivity index (χ1n) is 6.74. The number of methoxy groups -OCH3 is 2. The molecule has 0 heterocycles. The van der Waals surface area contributed by atoms with Gasteiger partial charge >= 0.3 is 0 Å². The van der Waals surface area contributed by atoms with Crippen LogP contribution in [0.4, 0.5) is 0 Å². The molecule has 0 radical (unpaired) electrons. The van der Waals surface area contributed by atoms with E-state index in [1.165, 1.54) is 32.1 Å². The van der Waals surface area contributed by atoms with Gasteiger partial charge in [-0.25, -0.2) is 0 Å². The molecule has 0 amide bonds. The number of nitrogens with two attached hydrogens (primary N) is 1. The maximum atomic E-state index is 6.46. The molecule has 0 aliphatic heterocycles. The summed E-state index contributed by atoms with van der Waals surface area (Å²) in [6, 6.07) is 5.87. The standard InChI is InChI=1S/C15H23NO2/c1-17-12-9-6-10-13(18-2)14(12)15(16)11-7-4-3-5-8-11/h6,9-11,15H,3-5,7-8,16H2,1-2H3. The first-order chi connectivity index (χ1) is 8.77. The monoisotopic (exact) mass is 249 g/mol. The fourth-order valence-electron chi connectivity index (χ4n) is 2.94. The molecule has 2 rings (SSSR count). The number of benzene rings is 1. The number of ether oxygens (including phenoxy) is 2. The van der Waals surface area contributed by atoms with Crippen LogP contribution in [-0.2, 0) is 0 Å². The maximum absolute atomic E-state index is 6.46. The summed E-state index contributed by atoms with van der Waals surface area (Å²) >= 11 is 0. The largest absolute Gasteiger partial charge is 0.496 e. The van der Waals surface area contributed by atoms with Gasteiger partial charge in [0, 0.05) is 6.04 Å². The molecule has 2 N–H and O–H groups in total. The van der Waals surface area contributed by atoms with E-state index in [2.05, 4.69) is 0 Å². The van der Waals surface area contributed by atoms with Crippen LogP contribution in [0.3, 0.4) is 0 Å². The van der Waals surface area contributed by atoms with E-state index in [1.54, 1.807) is 14.2 Å². The summed E-state index contributed by atoms with van der Waals surface area (Å²) in [6.07, 6.45) is 6.34. The Bertz CT molecular complexity index is 364. The summed E-state index contributed by atoms with van der Waals surface area (Å²) < 4.78 is 10.9. The highest BCUT2D eigenvalue weighted by atomic mass is 16.5. The van der Waals surface area contributed by atoms with Gasteiger partial charge in [0.25, 0.3) is 0 Å². The van der Waals surface area contributed by atoms with Crippen molar-refractivity contribution >= 4 is 0 Å². The van der Waals surface area contributed by atoms with E-state index in [9.17, 15) is 0 Å². The van der Waals surface area contributed by atoms with E-state index >= 15 is 0 Å². The minimum Gasteiger partial charge on any atom is -0.496 e. The molecule has 100 valence electrons. The molecule has 1 fully saturated rings. The van der Waals surface area contributed by atoms with Crippen LogP contribution in [-0.4, -0.2) is 14.2 Å². The fraction of sp³-hybridized carbons (Fsp3) is 0.600. The molecule has 18 heavy (non-hydrogen) atoms. The molecule has 3 heteroatoms. The molecule has 1 aromatic rings. The van der Waals surface area contributed by atoms with Gasteiger partial charge < -0.3 is 15.2 Å². The topological polar surface area (TPSA) is 44.5 Å². The van der Waals surface area contributed by atoms with E-state index < -0.39 is 0 Å². The van der Waals surface area contributed by atoms with E-state index in [0.29, 0.717) is 5.92 Å². The average Bonchev–Trinajstić information content (AvgIpc) is 2.46. The van der Waals surface area contributed by atoms with Gasteiger partial charge in [0.1, 0.15) is 11.5 Å². The predicted octanol–water partition coefficient (Wildman–Crippen LogP) is 3.28. The van der Waals surface area contributed by atoms with Gasteiger partial charge in [0.05, 0.1) is 19.8 Å². The summed E-state index contributed by atoms with van der Waals surface area (Å²) in [4.78, 5) is 0. The lowest BCUT2D eigenvalue weighted by Gasteiger charge is -2.29. The normalized spacial score (nSPS) is 18.4.